The Balaban J connectivity index is 1.56. The predicted molar refractivity (Wildman–Crippen MR) is 141 cm³/mol. The summed E-state index contributed by atoms with van der Waals surface area (Å²) in [4.78, 5) is 17.2. The van der Waals surface area contributed by atoms with Crippen LogP contribution < -0.4 is 15.0 Å². The minimum Gasteiger partial charge on any atom is -0.497 e. The smallest absolute Gasteiger partial charge is 0.243 e. The first-order chi connectivity index (χ1) is 16.5. The second-order valence-electron chi connectivity index (χ2n) is 9.10. The first-order valence-corrected chi connectivity index (χ1v) is 13.5. The molecule has 0 unspecified atom stereocenters. The maximum absolute atomic E-state index is 12.9. The molecule has 0 saturated carbocycles. The van der Waals surface area contributed by atoms with Gasteiger partial charge in [0, 0.05) is 44.8 Å². The van der Waals surface area contributed by atoms with Gasteiger partial charge in [-0.1, -0.05) is 11.6 Å². The molecule has 0 aliphatic carbocycles. The van der Waals surface area contributed by atoms with E-state index in [0.29, 0.717) is 28.1 Å². The molecule has 0 atom stereocenters. The fourth-order valence-electron chi connectivity index (χ4n) is 4.27. The number of ether oxygens (including phenoxy) is 1. The van der Waals surface area contributed by atoms with Crippen molar-refractivity contribution < 1.29 is 17.9 Å². The average Bonchev–Trinajstić information content (AvgIpc) is 2.82. The number of piperidine rings is 1. The summed E-state index contributed by atoms with van der Waals surface area (Å²) in [7, 11) is 3.49. The molecule has 1 amide bonds. The minimum absolute atomic E-state index is 0.0162. The molecule has 0 radical (unpaired) electrons. The van der Waals surface area contributed by atoms with Crippen LogP contribution in [-0.2, 0) is 14.8 Å². The van der Waals surface area contributed by atoms with Gasteiger partial charge in [-0.2, -0.15) is 0 Å². The molecular weight excluding hydrogens is 488 g/mol. The monoisotopic (exact) mass is 522 g/mol. The van der Waals surface area contributed by atoms with Crippen LogP contribution in [-0.4, -0.2) is 77.5 Å². The van der Waals surface area contributed by atoms with E-state index in [1.165, 1.54) is 24.5 Å². The van der Waals surface area contributed by atoms with E-state index < -0.39 is 10.0 Å². The lowest BCUT2D eigenvalue weighted by Gasteiger charge is -2.36. The number of sulfonamides is 1. The summed E-state index contributed by atoms with van der Waals surface area (Å²) in [6, 6.07) is 10.9. The van der Waals surface area contributed by atoms with Crippen LogP contribution in [0.15, 0.2) is 41.3 Å². The van der Waals surface area contributed by atoms with Gasteiger partial charge >= 0.3 is 0 Å². The van der Waals surface area contributed by atoms with Gasteiger partial charge in [0.05, 0.1) is 22.7 Å². The van der Waals surface area contributed by atoms with E-state index in [1.54, 1.807) is 25.1 Å². The Morgan fingerprint density at radius 3 is 2.40 bits per heavy atom. The lowest BCUT2D eigenvalue weighted by Crippen LogP contribution is -2.42. The Hall–Kier alpha value is -2.33. The molecule has 0 spiro atoms. The molecule has 2 aromatic rings. The number of hydrogen-bond donors (Lipinski definition) is 1. The molecule has 8 nitrogen and oxygen atoms in total. The van der Waals surface area contributed by atoms with E-state index in [-0.39, 0.29) is 23.8 Å². The largest absolute Gasteiger partial charge is 0.497 e. The maximum atomic E-state index is 12.9. The van der Waals surface area contributed by atoms with E-state index >= 15 is 0 Å². The van der Waals surface area contributed by atoms with Crippen LogP contribution in [0.25, 0.3) is 0 Å². The normalized spacial score (nSPS) is 15.0. The van der Waals surface area contributed by atoms with Crippen molar-refractivity contribution in [1.29, 1.82) is 0 Å². The number of nitrogens with one attached hydrogen (secondary N) is 1. The third-order valence-electron chi connectivity index (χ3n) is 6.49. The van der Waals surface area contributed by atoms with Gasteiger partial charge in [0.25, 0.3) is 0 Å². The highest BCUT2D eigenvalue weighted by Gasteiger charge is 2.24. The second-order valence-corrected chi connectivity index (χ2v) is 11.5. The van der Waals surface area contributed by atoms with Crippen molar-refractivity contribution in [3.05, 3.63) is 47.0 Å². The molecule has 10 heteroatoms. The molecule has 1 heterocycles. The number of nitrogens with zero attached hydrogens (tertiary/aromatic N) is 3. The number of carbonyl (C=O) groups excluding carboxylic acids is 1. The minimum atomic E-state index is -3.73. The van der Waals surface area contributed by atoms with Crippen molar-refractivity contribution >= 4 is 38.9 Å². The summed E-state index contributed by atoms with van der Waals surface area (Å²) < 4.78 is 32.2. The molecule has 1 aliphatic heterocycles. The van der Waals surface area contributed by atoms with E-state index in [9.17, 15) is 13.2 Å². The van der Waals surface area contributed by atoms with Gasteiger partial charge in [0.2, 0.25) is 15.9 Å². The van der Waals surface area contributed by atoms with Gasteiger partial charge in [-0.25, -0.2) is 12.7 Å². The Morgan fingerprint density at radius 1 is 1.14 bits per heavy atom. The van der Waals surface area contributed by atoms with Crippen LogP contribution >= 0.6 is 11.6 Å². The lowest BCUT2D eigenvalue weighted by atomic mass is 10.0. The number of aryl methyl sites for hydroxylation is 1. The number of amides is 1. The van der Waals surface area contributed by atoms with E-state index in [2.05, 4.69) is 29.2 Å². The summed E-state index contributed by atoms with van der Waals surface area (Å²) in [5, 5.41) is 3.41. The van der Waals surface area contributed by atoms with E-state index in [1.807, 2.05) is 12.1 Å². The fraction of sp³-hybridized carbons (Fsp3) is 0.480. The molecule has 1 fully saturated rings. The zero-order valence-electron chi connectivity index (χ0n) is 21.0. The highest BCUT2D eigenvalue weighted by molar-refractivity contribution is 7.89. The van der Waals surface area contributed by atoms with Gasteiger partial charge in [-0.3, -0.25) is 4.79 Å². The third kappa shape index (κ3) is 6.67. The summed E-state index contributed by atoms with van der Waals surface area (Å²) in [6.07, 6.45) is 2.17. The molecule has 1 N–H and O–H groups in total. The van der Waals surface area contributed by atoms with Crippen molar-refractivity contribution in [2.24, 2.45) is 0 Å². The number of hydrogen-bond acceptors (Lipinski definition) is 6. The van der Waals surface area contributed by atoms with Crippen LogP contribution in [0.2, 0.25) is 5.02 Å². The van der Waals surface area contributed by atoms with Crippen LogP contribution in [0, 0.1) is 6.92 Å². The summed E-state index contributed by atoms with van der Waals surface area (Å²) in [5.74, 6) is 0.306. The molecule has 192 valence electrons. The van der Waals surface area contributed by atoms with E-state index in [0.717, 1.165) is 31.6 Å². The number of benzene rings is 2. The maximum Gasteiger partial charge on any atom is 0.243 e. The Labute approximate surface area is 213 Å². The molecule has 3 rings (SSSR count). The summed E-state index contributed by atoms with van der Waals surface area (Å²) in [6.45, 7) is 3.63. The van der Waals surface area contributed by atoms with Crippen LogP contribution in [0.5, 0.6) is 5.75 Å². The first kappa shape index (κ1) is 27.3. The molecule has 35 heavy (non-hydrogen) atoms. The number of carbonyl (C=O) groups is 1. The van der Waals surface area contributed by atoms with Gasteiger partial charge in [0.1, 0.15) is 5.75 Å². The van der Waals surface area contributed by atoms with Crippen LogP contribution in [0.3, 0.4) is 0 Å². The quantitative estimate of drug-likeness (QED) is 0.539. The second kappa shape index (κ2) is 11.6. The average molecular weight is 523 g/mol. The third-order valence-corrected chi connectivity index (χ3v) is 8.81. The van der Waals surface area contributed by atoms with Crippen molar-refractivity contribution in [2.45, 2.75) is 37.1 Å². The number of anilines is 2. The Bertz CT molecular complexity index is 1150. The van der Waals surface area contributed by atoms with Gasteiger partial charge < -0.3 is 19.9 Å². The highest BCUT2D eigenvalue weighted by Crippen LogP contribution is 2.31. The number of rotatable bonds is 9. The van der Waals surface area contributed by atoms with Gasteiger partial charge in [-0.05, 0) is 75.8 Å². The Morgan fingerprint density at radius 2 is 1.83 bits per heavy atom. The molecule has 1 aliphatic rings. The standard InChI is InChI=1S/C25H35ClN4O4S/c1-18-16-21(34-5)7-9-24(18)35(32,33)29(4)13-12-25(31)27-19-6-8-23(22(26)17-19)30-14-10-20(11-15-30)28(2)3/h6-9,16-17,20H,10-15H2,1-5H3,(H,27,31). The molecule has 2 aromatic carbocycles. The zero-order valence-corrected chi connectivity index (χ0v) is 22.6. The molecule has 0 bridgehead atoms. The topological polar surface area (TPSA) is 82.2 Å². The van der Waals surface area contributed by atoms with Crippen LogP contribution in [0.4, 0.5) is 11.4 Å². The first-order valence-electron chi connectivity index (χ1n) is 11.6. The lowest BCUT2D eigenvalue weighted by molar-refractivity contribution is -0.116. The SMILES string of the molecule is COc1ccc(S(=O)(=O)N(C)CCC(=O)Nc2ccc(N3CCC(N(C)C)CC3)c(Cl)c2)c(C)c1. The van der Waals surface area contributed by atoms with Crippen molar-refractivity contribution in [1.82, 2.24) is 9.21 Å². The Kier molecular flexibility index (Phi) is 9.04. The molecule has 0 aromatic heterocycles. The van der Waals surface area contributed by atoms with Crippen molar-refractivity contribution in [3.8, 4) is 5.75 Å². The number of methoxy groups -OCH3 is 1. The van der Waals surface area contributed by atoms with Crippen molar-refractivity contribution in [2.75, 3.05) is 58.1 Å². The van der Waals surface area contributed by atoms with E-state index in [4.69, 9.17) is 16.3 Å². The van der Waals surface area contributed by atoms with Crippen LogP contribution in [0.1, 0.15) is 24.8 Å². The predicted octanol–water partition coefficient (Wildman–Crippen LogP) is 3.84. The fourth-order valence-corrected chi connectivity index (χ4v) is 5.95. The highest BCUT2D eigenvalue weighted by atomic mass is 35.5. The molecule has 1 saturated heterocycles. The zero-order chi connectivity index (χ0) is 25.8. The molecular formula is C25H35ClN4O4S. The van der Waals surface area contributed by atoms with Gasteiger partial charge in [-0.15, -0.1) is 0 Å². The number of halogens is 1. The summed E-state index contributed by atoms with van der Waals surface area (Å²) in [5.41, 5.74) is 2.13. The van der Waals surface area contributed by atoms with Gasteiger partial charge in [0.15, 0.2) is 0 Å². The van der Waals surface area contributed by atoms with Crippen molar-refractivity contribution in [3.63, 3.8) is 0 Å². The summed E-state index contributed by atoms with van der Waals surface area (Å²) >= 11 is 6.54.